The number of piperazine rings is 1. The fourth-order valence-electron chi connectivity index (χ4n) is 6.05. The zero-order valence-corrected chi connectivity index (χ0v) is 19.3. The molecule has 9 heteroatoms. The Bertz CT molecular complexity index is 1040. The van der Waals surface area contributed by atoms with Crippen molar-refractivity contribution in [2.75, 3.05) is 49.1 Å². The molecule has 34 heavy (non-hydrogen) atoms. The zero-order chi connectivity index (χ0) is 23.7. The Balaban J connectivity index is 1.13. The molecule has 1 aromatic heterocycles. The fourth-order valence-corrected chi connectivity index (χ4v) is 6.05. The van der Waals surface area contributed by atoms with E-state index in [0.29, 0.717) is 11.5 Å². The van der Waals surface area contributed by atoms with Gasteiger partial charge in [-0.25, -0.2) is 9.78 Å². The summed E-state index contributed by atoms with van der Waals surface area (Å²) < 4.78 is 0. The molecule has 2 aliphatic heterocycles. The first kappa shape index (κ1) is 22.6. The normalized spacial score (nSPS) is 22.8. The van der Waals surface area contributed by atoms with Gasteiger partial charge in [0, 0.05) is 75.0 Å². The maximum atomic E-state index is 11.3. The van der Waals surface area contributed by atoms with E-state index < -0.39 is 5.97 Å². The van der Waals surface area contributed by atoms with Crippen LogP contribution in [0.5, 0.6) is 0 Å². The van der Waals surface area contributed by atoms with Crippen LogP contribution >= 0.6 is 0 Å². The van der Waals surface area contributed by atoms with Gasteiger partial charge in [0.1, 0.15) is 5.69 Å². The van der Waals surface area contributed by atoms with Gasteiger partial charge in [-0.2, -0.15) is 0 Å². The number of non-ortho nitro benzene ring substituents is 1. The highest BCUT2D eigenvalue weighted by Gasteiger charge is 2.43. The number of nitrogens with zero attached hydrogens (tertiary/aromatic N) is 5. The van der Waals surface area contributed by atoms with Crippen LogP contribution in [0.25, 0.3) is 0 Å². The van der Waals surface area contributed by atoms with E-state index in [4.69, 9.17) is 0 Å². The van der Waals surface area contributed by atoms with Crippen LogP contribution in [0, 0.1) is 15.5 Å². The van der Waals surface area contributed by atoms with Gasteiger partial charge in [-0.3, -0.25) is 15.0 Å². The number of benzene rings is 1. The summed E-state index contributed by atoms with van der Waals surface area (Å²) in [6.45, 7) is 5.87. The largest absolute Gasteiger partial charge is 0.477 e. The minimum atomic E-state index is -0.984. The molecule has 1 N–H and O–H groups in total. The van der Waals surface area contributed by atoms with Crippen LogP contribution in [0.1, 0.15) is 42.6 Å². The molecule has 2 aromatic rings. The average Bonchev–Trinajstić information content (AvgIpc) is 3.28. The maximum Gasteiger partial charge on any atom is 0.354 e. The van der Waals surface area contributed by atoms with Crippen LogP contribution in [-0.2, 0) is 0 Å². The smallest absolute Gasteiger partial charge is 0.354 e. The predicted molar refractivity (Wildman–Crippen MR) is 130 cm³/mol. The second-order valence-electron chi connectivity index (χ2n) is 9.88. The number of rotatable bonds is 5. The highest BCUT2D eigenvalue weighted by molar-refractivity contribution is 5.86. The molecule has 1 aliphatic carbocycles. The van der Waals surface area contributed by atoms with Crippen molar-refractivity contribution in [1.82, 2.24) is 9.88 Å². The molecule has 1 atom stereocenters. The maximum absolute atomic E-state index is 11.3. The average molecular weight is 466 g/mol. The monoisotopic (exact) mass is 465 g/mol. The van der Waals surface area contributed by atoms with Crippen molar-refractivity contribution in [2.24, 2.45) is 5.41 Å². The van der Waals surface area contributed by atoms with Crippen LogP contribution in [0.2, 0.25) is 0 Å². The first-order valence-electron chi connectivity index (χ1n) is 12.1. The van der Waals surface area contributed by atoms with Gasteiger partial charge in [-0.1, -0.05) is 0 Å². The van der Waals surface area contributed by atoms with Crippen LogP contribution < -0.4 is 9.80 Å². The number of hydrogen-bond donors (Lipinski definition) is 1. The van der Waals surface area contributed by atoms with Gasteiger partial charge >= 0.3 is 5.97 Å². The first-order chi connectivity index (χ1) is 16.4. The SMILES string of the molecule is O=C(O)c1cc(N2CCC3(CCC(N4CCN(c5ccc([N+](=O)[O-])cc5)CC4)C3)CC2)ccn1. The van der Waals surface area contributed by atoms with Crippen molar-refractivity contribution in [1.29, 1.82) is 0 Å². The lowest BCUT2D eigenvalue weighted by molar-refractivity contribution is -0.384. The third-order valence-electron chi connectivity index (χ3n) is 8.08. The van der Waals surface area contributed by atoms with E-state index >= 15 is 0 Å². The Labute approximate surface area is 199 Å². The zero-order valence-electron chi connectivity index (χ0n) is 19.3. The van der Waals surface area contributed by atoms with Crippen LogP contribution in [0.15, 0.2) is 42.6 Å². The summed E-state index contributed by atoms with van der Waals surface area (Å²) in [6.07, 6.45) is 7.65. The number of carbonyl (C=O) groups is 1. The Morgan fingerprint density at radius 2 is 1.65 bits per heavy atom. The Kier molecular flexibility index (Phi) is 6.12. The molecule has 1 unspecified atom stereocenters. The number of carboxylic acid groups (broad SMARTS) is 1. The third kappa shape index (κ3) is 4.57. The summed E-state index contributed by atoms with van der Waals surface area (Å²) in [6, 6.07) is 11.1. The van der Waals surface area contributed by atoms with E-state index in [9.17, 15) is 20.0 Å². The molecule has 3 heterocycles. The van der Waals surface area contributed by atoms with Gasteiger partial charge in [0.25, 0.3) is 5.69 Å². The van der Waals surface area contributed by atoms with Crippen LogP contribution in [-0.4, -0.2) is 71.2 Å². The molecule has 0 amide bonds. The Morgan fingerprint density at radius 3 is 2.29 bits per heavy atom. The minimum absolute atomic E-state index is 0.103. The molecule has 3 aliphatic rings. The summed E-state index contributed by atoms with van der Waals surface area (Å²) in [5.74, 6) is -0.984. The summed E-state index contributed by atoms with van der Waals surface area (Å²) in [7, 11) is 0. The van der Waals surface area contributed by atoms with Crippen molar-refractivity contribution in [3.8, 4) is 0 Å². The summed E-state index contributed by atoms with van der Waals surface area (Å²) in [5.41, 5.74) is 2.66. The number of pyridine rings is 1. The van der Waals surface area contributed by atoms with Crippen LogP contribution in [0.4, 0.5) is 17.1 Å². The number of nitro groups is 1. The van der Waals surface area contributed by atoms with E-state index in [1.165, 1.54) is 19.3 Å². The number of aromatic carboxylic acids is 1. The predicted octanol–water partition coefficient (Wildman–Crippen LogP) is 3.65. The number of anilines is 2. The summed E-state index contributed by atoms with van der Waals surface area (Å²) >= 11 is 0. The lowest BCUT2D eigenvalue weighted by atomic mass is 9.76. The number of hydrogen-bond acceptors (Lipinski definition) is 7. The molecule has 0 radical (unpaired) electrons. The molecule has 3 fully saturated rings. The molecule has 2 saturated heterocycles. The molecule has 5 rings (SSSR count). The molecule has 1 aromatic carbocycles. The van der Waals surface area contributed by atoms with Crippen molar-refractivity contribution in [3.05, 3.63) is 58.4 Å². The van der Waals surface area contributed by atoms with E-state index in [2.05, 4.69) is 19.7 Å². The summed E-state index contributed by atoms with van der Waals surface area (Å²) in [5, 5.41) is 20.1. The van der Waals surface area contributed by atoms with Crippen molar-refractivity contribution in [3.63, 3.8) is 0 Å². The van der Waals surface area contributed by atoms with Crippen molar-refractivity contribution < 1.29 is 14.8 Å². The Morgan fingerprint density at radius 1 is 0.971 bits per heavy atom. The van der Waals surface area contributed by atoms with Gasteiger partial charge in [0.2, 0.25) is 0 Å². The number of nitro benzene ring substituents is 1. The number of carboxylic acids is 1. The highest BCUT2D eigenvalue weighted by Crippen LogP contribution is 2.48. The van der Waals surface area contributed by atoms with Crippen molar-refractivity contribution >= 4 is 23.0 Å². The van der Waals surface area contributed by atoms with Gasteiger partial charge < -0.3 is 14.9 Å². The van der Waals surface area contributed by atoms with E-state index in [1.54, 1.807) is 24.4 Å². The number of piperidine rings is 1. The minimum Gasteiger partial charge on any atom is -0.477 e. The fraction of sp³-hybridized carbons (Fsp3) is 0.520. The van der Waals surface area contributed by atoms with Gasteiger partial charge in [-0.15, -0.1) is 0 Å². The van der Waals surface area contributed by atoms with E-state index in [-0.39, 0.29) is 16.3 Å². The highest BCUT2D eigenvalue weighted by atomic mass is 16.6. The Hall–Kier alpha value is -3.20. The standard InChI is InChI=1S/C25H31N5O4/c31-24(32)23-17-21(6-10-26-23)27-11-8-25(9-12-27)7-5-22(18-25)29-15-13-28(14-16-29)19-1-3-20(4-2-19)30(33)34/h1-4,6,10,17,22H,5,7-9,11-16,18H2,(H,31,32). The first-order valence-corrected chi connectivity index (χ1v) is 12.1. The molecule has 180 valence electrons. The van der Waals surface area contributed by atoms with Gasteiger partial charge in [0.15, 0.2) is 0 Å². The molecule has 1 saturated carbocycles. The lowest BCUT2D eigenvalue weighted by Gasteiger charge is -2.42. The van der Waals surface area contributed by atoms with Crippen LogP contribution in [0.3, 0.4) is 0 Å². The quantitative estimate of drug-likeness (QED) is 0.527. The third-order valence-corrected chi connectivity index (χ3v) is 8.08. The molecule has 1 spiro atoms. The molecule has 9 nitrogen and oxygen atoms in total. The molecular formula is C25H31N5O4. The molecule has 0 bridgehead atoms. The van der Waals surface area contributed by atoms with Gasteiger partial charge in [-0.05, 0) is 61.8 Å². The summed E-state index contributed by atoms with van der Waals surface area (Å²) in [4.78, 5) is 33.0. The second-order valence-corrected chi connectivity index (χ2v) is 9.88. The van der Waals surface area contributed by atoms with E-state index in [1.807, 2.05) is 18.2 Å². The van der Waals surface area contributed by atoms with Crippen molar-refractivity contribution in [2.45, 2.75) is 38.1 Å². The second kappa shape index (κ2) is 9.21. The number of aromatic nitrogens is 1. The lowest BCUT2D eigenvalue weighted by Crippen LogP contribution is -2.50. The molecular weight excluding hydrogens is 434 g/mol. The topological polar surface area (TPSA) is 103 Å². The van der Waals surface area contributed by atoms with Gasteiger partial charge in [0.05, 0.1) is 4.92 Å². The van der Waals surface area contributed by atoms with E-state index in [0.717, 1.165) is 63.5 Å².